The molecule has 0 aliphatic rings. The summed E-state index contributed by atoms with van der Waals surface area (Å²) >= 11 is 3.29. The van der Waals surface area contributed by atoms with Gasteiger partial charge in [0.25, 0.3) is 0 Å². The van der Waals surface area contributed by atoms with Gasteiger partial charge in [0.05, 0.1) is 12.3 Å². The van der Waals surface area contributed by atoms with Crippen LogP contribution in [-0.4, -0.2) is 7.05 Å². The molecule has 1 atom stereocenters. The van der Waals surface area contributed by atoms with Gasteiger partial charge in [0.1, 0.15) is 11.5 Å². The quantitative estimate of drug-likeness (QED) is 0.927. The first-order valence-electron chi connectivity index (χ1n) is 4.74. The molecule has 0 radical (unpaired) electrons. The molecule has 3 nitrogen and oxygen atoms in total. The van der Waals surface area contributed by atoms with Crippen LogP contribution in [0.2, 0.25) is 0 Å². The third-order valence-corrected chi connectivity index (χ3v) is 2.70. The van der Waals surface area contributed by atoms with Crippen LogP contribution in [-0.2, 0) is 6.42 Å². The summed E-state index contributed by atoms with van der Waals surface area (Å²) in [6.45, 7) is 0. The van der Waals surface area contributed by atoms with Crippen molar-refractivity contribution >= 4 is 15.9 Å². The van der Waals surface area contributed by atoms with Gasteiger partial charge in [-0.1, -0.05) is 0 Å². The second-order valence-corrected chi connectivity index (χ2v) is 4.05. The normalized spacial score (nSPS) is 12.9. The predicted octanol–water partition coefficient (Wildman–Crippen LogP) is 3.14. The molecule has 2 rings (SSSR count). The molecule has 0 amide bonds. The fourth-order valence-corrected chi connectivity index (χ4v) is 1.81. The van der Waals surface area contributed by atoms with E-state index >= 15 is 0 Å². The molecule has 0 saturated carbocycles. The summed E-state index contributed by atoms with van der Waals surface area (Å²) in [6, 6.07) is 7.83. The maximum atomic E-state index is 5.50. The molecule has 2 aromatic rings. The number of rotatable bonds is 4. The molecule has 0 spiro atoms. The summed E-state index contributed by atoms with van der Waals surface area (Å²) in [4.78, 5) is 0. The highest BCUT2D eigenvalue weighted by molar-refractivity contribution is 9.10. The van der Waals surface area contributed by atoms with Gasteiger partial charge in [-0.05, 0) is 47.2 Å². The average Bonchev–Trinajstić information content (AvgIpc) is 2.85. The molecule has 0 saturated heterocycles. The van der Waals surface area contributed by atoms with Crippen molar-refractivity contribution in [3.8, 4) is 0 Å². The summed E-state index contributed by atoms with van der Waals surface area (Å²) in [5.41, 5.74) is 0. The Morgan fingerprint density at radius 3 is 2.80 bits per heavy atom. The Morgan fingerprint density at radius 1 is 1.40 bits per heavy atom. The average molecular weight is 270 g/mol. The molecule has 1 unspecified atom stereocenters. The molecule has 0 bridgehead atoms. The smallest absolute Gasteiger partial charge is 0.169 e. The molecule has 2 aromatic heterocycles. The molecule has 0 aliphatic carbocycles. The minimum absolute atomic E-state index is 0.141. The lowest BCUT2D eigenvalue weighted by molar-refractivity contribution is 0.392. The van der Waals surface area contributed by atoms with Crippen molar-refractivity contribution < 1.29 is 8.83 Å². The van der Waals surface area contributed by atoms with Gasteiger partial charge in [-0.3, -0.25) is 0 Å². The molecule has 0 aliphatic heterocycles. The third kappa shape index (κ3) is 2.52. The second kappa shape index (κ2) is 4.68. The molecule has 1 N–H and O–H groups in total. The largest absolute Gasteiger partial charge is 0.469 e. The van der Waals surface area contributed by atoms with E-state index in [0.29, 0.717) is 0 Å². The number of hydrogen-bond acceptors (Lipinski definition) is 3. The Labute approximate surface area is 96.6 Å². The number of likely N-dealkylation sites (N-methyl/N-ethyl adjacent to an activating group) is 1. The van der Waals surface area contributed by atoms with E-state index in [1.165, 1.54) is 0 Å². The van der Waals surface area contributed by atoms with E-state index in [4.69, 9.17) is 8.83 Å². The molecule has 0 aromatic carbocycles. The first-order valence-corrected chi connectivity index (χ1v) is 5.54. The standard InChI is InChI=1S/C11H12BrNO2/c1-13-9(7-8-3-2-6-14-8)10-4-5-11(12)15-10/h2-6,9,13H,7H2,1H3. The van der Waals surface area contributed by atoms with Gasteiger partial charge in [0.2, 0.25) is 0 Å². The van der Waals surface area contributed by atoms with Crippen LogP contribution < -0.4 is 5.32 Å². The Balaban J connectivity index is 2.11. The lowest BCUT2D eigenvalue weighted by atomic mass is 10.1. The molecular formula is C11H12BrNO2. The summed E-state index contributed by atoms with van der Waals surface area (Å²) in [7, 11) is 1.91. The first-order chi connectivity index (χ1) is 7.29. The Morgan fingerprint density at radius 2 is 2.27 bits per heavy atom. The zero-order valence-corrected chi connectivity index (χ0v) is 9.95. The van der Waals surface area contributed by atoms with Crippen LogP contribution >= 0.6 is 15.9 Å². The first kappa shape index (κ1) is 10.5. The van der Waals surface area contributed by atoms with Crippen LogP contribution in [0.1, 0.15) is 17.6 Å². The zero-order valence-electron chi connectivity index (χ0n) is 8.37. The van der Waals surface area contributed by atoms with Crippen molar-refractivity contribution in [3.05, 3.63) is 46.7 Å². The highest BCUT2D eigenvalue weighted by Gasteiger charge is 2.15. The van der Waals surface area contributed by atoms with Crippen LogP contribution in [0.15, 0.2) is 44.0 Å². The van der Waals surface area contributed by atoms with Gasteiger partial charge >= 0.3 is 0 Å². The lowest BCUT2D eigenvalue weighted by Crippen LogP contribution is -2.17. The highest BCUT2D eigenvalue weighted by Crippen LogP contribution is 2.23. The van der Waals surface area contributed by atoms with Crippen LogP contribution in [0.5, 0.6) is 0 Å². The van der Waals surface area contributed by atoms with E-state index < -0.39 is 0 Å². The molecular weight excluding hydrogens is 258 g/mol. The van der Waals surface area contributed by atoms with E-state index in [9.17, 15) is 0 Å². The van der Waals surface area contributed by atoms with Gasteiger partial charge in [-0.15, -0.1) is 0 Å². The number of halogens is 1. The van der Waals surface area contributed by atoms with Crippen LogP contribution in [0.25, 0.3) is 0 Å². The number of nitrogens with one attached hydrogen (secondary N) is 1. The van der Waals surface area contributed by atoms with Crippen molar-refractivity contribution in [2.45, 2.75) is 12.5 Å². The van der Waals surface area contributed by atoms with Crippen molar-refractivity contribution in [1.82, 2.24) is 5.32 Å². The molecule has 0 fully saturated rings. The van der Waals surface area contributed by atoms with Crippen molar-refractivity contribution in [2.24, 2.45) is 0 Å². The summed E-state index contributed by atoms with van der Waals surface area (Å²) in [6.07, 6.45) is 2.46. The SMILES string of the molecule is CNC(Cc1ccco1)c1ccc(Br)o1. The fourth-order valence-electron chi connectivity index (χ4n) is 1.49. The molecule has 15 heavy (non-hydrogen) atoms. The molecule has 80 valence electrons. The topological polar surface area (TPSA) is 38.3 Å². The number of furan rings is 2. The van der Waals surface area contributed by atoms with E-state index in [1.807, 2.05) is 31.3 Å². The van der Waals surface area contributed by atoms with Gasteiger partial charge in [0, 0.05) is 6.42 Å². The minimum atomic E-state index is 0.141. The lowest BCUT2D eigenvalue weighted by Gasteiger charge is -2.11. The van der Waals surface area contributed by atoms with Crippen LogP contribution in [0.4, 0.5) is 0 Å². The number of hydrogen-bond donors (Lipinski definition) is 1. The third-order valence-electron chi connectivity index (χ3n) is 2.27. The van der Waals surface area contributed by atoms with E-state index in [2.05, 4.69) is 21.2 Å². The van der Waals surface area contributed by atoms with Crippen LogP contribution in [0, 0.1) is 0 Å². The van der Waals surface area contributed by atoms with E-state index in [1.54, 1.807) is 6.26 Å². The van der Waals surface area contributed by atoms with Gasteiger partial charge in [0.15, 0.2) is 4.67 Å². The molecule has 4 heteroatoms. The monoisotopic (exact) mass is 269 g/mol. The van der Waals surface area contributed by atoms with Crippen molar-refractivity contribution in [1.29, 1.82) is 0 Å². The zero-order chi connectivity index (χ0) is 10.7. The maximum Gasteiger partial charge on any atom is 0.169 e. The Bertz CT molecular complexity index is 408. The van der Waals surface area contributed by atoms with Gasteiger partial charge < -0.3 is 14.2 Å². The van der Waals surface area contributed by atoms with Crippen molar-refractivity contribution in [3.63, 3.8) is 0 Å². The Hall–Kier alpha value is -1.000. The van der Waals surface area contributed by atoms with Crippen LogP contribution in [0.3, 0.4) is 0 Å². The maximum absolute atomic E-state index is 5.50. The van der Waals surface area contributed by atoms with E-state index in [0.717, 1.165) is 22.6 Å². The Kier molecular flexibility index (Phi) is 3.28. The van der Waals surface area contributed by atoms with Gasteiger partial charge in [-0.25, -0.2) is 0 Å². The van der Waals surface area contributed by atoms with E-state index in [-0.39, 0.29) is 6.04 Å². The second-order valence-electron chi connectivity index (χ2n) is 3.27. The fraction of sp³-hybridized carbons (Fsp3) is 0.273. The summed E-state index contributed by atoms with van der Waals surface area (Å²) in [5.74, 6) is 1.85. The minimum Gasteiger partial charge on any atom is -0.469 e. The summed E-state index contributed by atoms with van der Waals surface area (Å²) in [5, 5.41) is 3.20. The predicted molar refractivity (Wildman–Crippen MR) is 60.6 cm³/mol. The molecule has 2 heterocycles. The highest BCUT2D eigenvalue weighted by atomic mass is 79.9. The summed E-state index contributed by atoms with van der Waals surface area (Å²) < 4.78 is 11.5. The van der Waals surface area contributed by atoms with Crippen molar-refractivity contribution in [2.75, 3.05) is 7.05 Å². The van der Waals surface area contributed by atoms with Gasteiger partial charge in [-0.2, -0.15) is 0 Å².